The molecular formula is C18H15Cl2N3O2S. The summed E-state index contributed by atoms with van der Waals surface area (Å²) in [6.07, 6.45) is 1.72. The van der Waals surface area contributed by atoms with E-state index in [9.17, 15) is 4.79 Å². The number of carbonyl (C=O) groups is 1. The van der Waals surface area contributed by atoms with E-state index in [0.717, 1.165) is 10.6 Å². The smallest absolute Gasteiger partial charge is 0.255 e. The number of thiazole rings is 1. The summed E-state index contributed by atoms with van der Waals surface area (Å²) in [6, 6.07) is 12.3. The molecule has 1 heterocycles. The number of methoxy groups -OCH3 is 1. The molecule has 3 aromatic rings. The zero-order valence-corrected chi connectivity index (χ0v) is 16.1. The van der Waals surface area contributed by atoms with E-state index in [1.165, 1.54) is 18.4 Å². The van der Waals surface area contributed by atoms with Crippen molar-refractivity contribution < 1.29 is 9.53 Å². The summed E-state index contributed by atoms with van der Waals surface area (Å²) in [5.74, 6) is 0.286. The van der Waals surface area contributed by atoms with Gasteiger partial charge in [0.2, 0.25) is 0 Å². The molecular weight excluding hydrogens is 393 g/mol. The van der Waals surface area contributed by atoms with Gasteiger partial charge >= 0.3 is 0 Å². The molecule has 0 fully saturated rings. The topological polar surface area (TPSA) is 63.2 Å². The Morgan fingerprint density at radius 3 is 2.81 bits per heavy atom. The van der Waals surface area contributed by atoms with Crippen molar-refractivity contribution in [2.45, 2.75) is 6.54 Å². The van der Waals surface area contributed by atoms with Crippen LogP contribution in [0.2, 0.25) is 9.49 Å². The first-order valence-electron chi connectivity index (χ1n) is 7.64. The fraction of sp³-hybridized carbons (Fsp3) is 0.111. The summed E-state index contributed by atoms with van der Waals surface area (Å²) in [7, 11) is 1.54. The molecule has 0 bridgehead atoms. The number of anilines is 2. The lowest BCUT2D eigenvalue weighted by Crippen LogP contribution is -2.13. The number of nitrogens with zero attached hydrogens (tertiary/aromatic N) is 1. The minimum Gasteiger partial charge on any atom is -0.495 e. The number of halogens is 2. The summed E-state index contributed by atoms with van der Waals surface area (Å²) in [5.41, 5.74) is 1.85. The number of nitrogens with one attached hydrogen (secondary N) is 2. The van der Waals surface area contributed by atoms with E-state index >= 15 is 0 Å². The van der Waals surface area contributed by atoms with Crippen LogP contribution in [0.5, 0.6) is 5.75 Å². The van der Waals surface area contributed by atoms with Crippen molar-refractivity contribution in [3.63, 3.8) is 0 Å². The Morgan fingerprint density at radius 1 is 1.23 bits per heavy atom. The Bertz CT molecular complexity index is 930. The van der Waals surface area contributed by atoms with Crippen LogP contribution >= 0.6 is 34.5 Å². The average Bonchev–Trinajstić information content (AvgIpc) is 3.06. The van der Waals surface area contributed by atoms with Crippen LogP contribution in [-0.2, 0) is 6.54 Å². The van der Waals surface area contributed by atoms with Gasteiger partial charge in [0.25, 0.3) is 5.91 Å². The van der Waals surface area contributed by atoms with E-state index < -0.39 is 0 Å². The van der Waals surface area contributed by atoms with Crippen LogP contribution in [-0.4, -0.2) is 18.0 Å². The van der Waals surface area contributed by atoms with E-state index in [-0.39, 0.29) is 5.91 Å². The third-order valence-electron chi connectivity index (χ3n) is 3.53. The molecule has 3 rings (SSSR count). The Balaban J connectivity index is 1.71. The number of aromatic nitrogens is 1. The Labute approximate surface area is 164 Å². The summed E-state index contributed by atoms with van der Waals surface area (Å²) >= 11 is 13.2. The quantitative estimate of drug-likeness (QED) is 0.579. The maximum absolute atomic E-state index is 12.6. The van der Waals surface area contributed by atoms with Crippen LogP contribution in [0.1, 0.15) is 15.2 Å². The molecule has 0 atom stereocenters. The standard InChI is InChI=1S/C18H15Cl2N3O2S/c1-25-16-6-5-12(19)8-15(16)23-17(24)11-3-2-4-13(7-11)21-9-14-10-22-18(20)26-14/h2-8,10,21H,9H2,1H3,(H,23,24). The molecule has 0 aliphatic heterocycles. The van der Waals surface area contributed by atoms with E-state index in [0.29, 0.717) is 33.0 Å². The van der Waals surface area contributed by atoms with Gasteiger partial charge in [0.15, 0.2) is 4.47 Å². The molecule has 2 aromatic carbocycles. The molecule has 2 N–H and O–H groups in total. The molecule has 0 unspecified atom stereocenters. The average molecular weight is 408 g/mol. The lowest BCUT2D eigenvalue weighted by Gasteiger charge is -2.11. The molecule has 134 valence electrons. The molecule has 1 aromatic heterocycles. The Hall–Kier alpha value is -2.28. The second-order valence-corrected chi connectivity index (χ2v) is 7.45. The highest BCUT2D eigenvalue weighted by Gasteiger charge is 2.11. The molecule has 8 heteroatoms. The monoisotopic (exact) mass is 407 g/mol. The van der Waals surface area contributed by atoms with Gasteiger partial charge in [-0.25, -0.2) is 4.98 Å². The van der Waals surface area contributed by atoms with Crippen molar-refractivity contribution >= 4 is 51.8 Å². The number of ether oxygens (including phenoxy) is 1. The molecule has 0 spiro atoms. The number of hydrogen-bond donors (Lipinski definition) is 2. The van der Waals surface area contributed by atoms with Crippen LogP contribution in [0.3, 0.4) is 0 Å². The highest BCUT2D eigenvalue weighted by atomic mass is 35.5. The molecule has 0 radical (unpaired) electrons. The maximum Gasteiger partial charge on any atom is 0.255 e. The molecule has 26 heavy (non-hydrogen) atoms. The largest absolute Gasteiger partial charge is 0.495 e. The lowest BCUT2D eigenvalue weighted by molar-refractivity contribution is 0.102. The molecule has 0 aliphatic rings. The van der Waals surface area contributed by atoms with Crippen molar-refractivity contribution in [3.8, 4) is 5.75 Å². The molecule has 0 saturated carbocycles. The fourth-order valence-corrected chi connectivity index (χ4v) is 3.39. The molecule has 1 amide bonds. The second-order valence-electron chi connectivity index (χ2n) is 5.31. The van der Waals surface area contributed by atoms with Crippen molar-refractivity contribution in [1.29, 1.82) is 0 Å². The third kappa shape index (κ3) is 4.66. The lowest BCUT2D eigenvalue weighted by atomic mass is 10.1. The van der Waals surface area contributed by atoms with Crippen molar-refractivity contribution in [3.05, 3.63) is 68.6 Å². The van der Waals surface area contributed by atoms with Crippen LogP contribution in [0, 0.1) is 0 Å². The van der Waals surface area contributed by atoms with Gasteiger partial charge in [0.1, 0.15) is 5.75 Å². The van der Waals surface area contributed by atoms with Crippen LogP contribution in [0.4, 0.5) is 11.4 Å². The minimum atomic E-state index is -0.255. The SMILES string of the molecule is COc1ccc(Cl)cc1NC(=O)c1cccc(NCc2cnc(Cl)s2)c1. The highest BCUT2D eigenvalue weighted by Crippen LogP contribution is 2.28. The Kier molecular flexibility index (Phi) is 5.98. The zero-order chi connectivity index (χ0) is 18.5. The van der Waals surface area contributed by atoms with Crippen molar-refractivity contribution in [2.75, 3.05) is 17.7 Å². The van der Waals surface area contributed by atoms with Crippen LogP contribution < -0.4 is 15.4 Å². The van der Waals surface area contributed by atoms with Crippen molar-refractivity contribution in [1.82, 2.24) is 4.98 Å². The van der Waals surface area contributed by atoms with Gasteiger partial charge in [-0.1, -0.05) is 29.3 Å². The van der Waals surface area contributed by atoms with Gasteiger partial charge < -0.3 is 15.4 Å². The first-order chi connectivity index (χ1) is 12.5. The normalized spacial score (nSPS) is 10.4. The predicted octanol–water partition coefficient (Wildman–Crippen LogP) is 5.32. The Morgan fingerprint density at radius 2 is 2.08 bits per heavy atom. The van der Waals surface area contributed by atoms with E-state index in [4.69, 9.17) is 27.9 Å². The number of rotatable bonds is 6. The van der Waals surface area contributed by atoms with E-state index in [1.54, 1.807) is 36.5 Å². The van der Waals surface area contributed by atoms with Gasteiger partial charge in [-0.15, -0.1) is 11.3 Å². The van der Waals surface area contributed by atoms with Gasteiger partial charge in [0.05, 0.1) is 19.3 Å². The number of hydrogen-bond acceptors (Lipinski definition) is 5. The van der Waals surface area contributed by atoms with E-state index in [2.05, 4.69) is 15.6 Å². The third-order valence-corrected chi connectivity index (χ3v) is 4.88. The van der Waals surface area contributed by atoms with Crippen LogP contribution in [0.15, 0.2) is 48.7 Å². The van der Waals surface area contributed by atoms with Gasteiger partial charge in [-0.3, -0.25) is 4.79 Å². The van der Waals surface area contributed by atoms with Gasteiger partial charge in [0, 0.05) is 27.3 Å². The molecule has 0 saturated heterocycles. The first kappa shape index (κ1) is 18.5. The van der Waals surface area contributed by atoms with Crippen molar-refractivity contribution in [2.24, 2.45) is 0 Å². The maximum atomic E-state index is 12.6. The summed E-state index contributed by atoms with van der Waals surface area (Å²) < 4.78 is 5.75. The van der Waals surface area contributed by atoms with Crippen LogP contribution in [0.25, 0.3) is 0 Å². The van der Waals surface area contributed by atoms with E-state index in [1.807, 2.05) is 12.1 Å². The fourth-order valence-electron chi connectivity index (χ4n) is 2.30. The molecule has 0 aliphatic carbocycles. The van der Waals surface area contributed by atoms with Gasteiger partial charge in [-0.05, 0) is 36.4 Å². The number of amides is 1. The highest BCUT2D eigenvalue weighted by molar-refractivity contribution is 7.15. The predicted molar refractivity (Wildman–Crippen MR) is 107 cm³/mol. The van der Waals surface area contributed by atoms with Gasteiger partial charge in [-0.2, -0.15) is 0 Å². The molecule has 5 nitrogen and oxygen atoms in total. The number of carbonyl (C=O) groups excluding carboxylic acids is 1. The summed E-state index contributed by atoms with van der Waals surface area (Å²) in [6.45, 7) is 0.581. The second kappa shape index (κ2) is 8.40. The number of benzene rings is 2. The summed E-state index contributed by atoms with van der Waals surface area (Å²) in [5, 5.41) is 6.59. The zero-order valence-electron chi connectivity index (χ0n) is 13.8. The first-order valence-corrected chi connectivity index (χ1v) is 9.21. The summed E-state index contributed by atoms with van der Waals surface area (Å²) in [4.78, 5) is 17.6. The minimum absolute atomic E-state index is 0.255.